The van der Waals surface area contributed by atoms with Gasteiger partial charge in [0, 0.05) is 0 Å². The van der Waals surface area contributed by atoms with Crippen molar-refractivity contribution in [2.45, 2.75) is 6.10 Å². The Bertz CT molecular complexity index is 273. The number of hydrogen-bond acceptors (Lipinski definition) is 2. The fraction of sp³-hybridized carbons (Fsp3) is 0.273. The van der Waals surface area contributed by atoms with Gasteiger partial charge in [0.2, 0.25) is 0 Å². The monoisotopic (exact) mass is 176 g/mol. The summed E-state index contributed by atoms with van der Waals surface area (Å²) in [5.74, 6) is 0. The molecule has 1 fully saturated rings. The first kappa shape index (κ1) is 8.48. The van der Waals surface area contributed by atoms with Crippen LogP contribution in [-0.4, -0.2) is 19.5 Å². The third-order valence-corrected chi connectivity index (χ3v) is 1.95. The first-order chi connectivity index (χ1) is 6.45. The molecule has 68 valence electrons. The second-order valence-corrected chi connectivity index (χ2v) is 2.96. The summed E-state index contributed by atoms with van der Waals surface area (Å²) in [7, 11) is 0. The SMILES string of the molecule is C(=C/C1COCO1)/c1ccccc1. The van der Waals surface area contributed by atoms with E-state index in [4.69, 9.17) is 9.47 Å². The van der Waals surface area contributed by atoms with Crippen LogP contribution in [0.15, 0.2) is 36.4 Å². The highest BCUT2D eigenvalue weighted by Crippen LogP contribution is 2.07. The summed E-state index contributed by atoms with van der Waals surface area (Å²) in [5, 5.41) is 0. The van der Waals surface area contributed by atoms with E-state index in [1.165, 1.54) is 5.56 Å². The van der Waals surface area contributed by atoms with Gasteiger partial charge in [-0.3, -0.25) is 0 Å². The van der Waals surface area contributed by atoms with Crippen LogP contribution in [0.5, 0.6) is 0 Å². The van der Waals surface area contributed by atoms with E-state index >= 15 is 0 Å². The van der Waals surface area contributed by atoms with Crippen LogP contribution in [0.25, 0.3) is 6.08 Å². The minimum atomic E-state index is 0.125. The minimum absolute atomic E-state index is 0.125. The molecule has 2 nitrogen and oxygen atoms in total. The maximum atomic E-state index is 5.27. The molecule has 0 spiro atoms. The number of hydrogen-bond donors (Lipinski definition) is 0. The Morgan fingerprint density at radius 2 is 2.08 bits per heavy atom. The Kier molecular flexibility index (Phi) is 2.75. The topological polar surface area (TPSA) is 18.5 Å². The van der Waals surface area contributed by atoms with Crippen LogP contribution in [0.3, 0.4) is 0 Å². The lowest BCUT2D eigenvalue weighted by Gasteiger charge is -1.98. The average molecular weight is 176 g/mol. The summed E-state index contributed by atoms with van der Waals surface area (Å²) >= 11 is 0. The van der Waals surface area contributed by atoms with Gasteiger partial charge in [0.15, 0.2) is 0 Å². The summed E-state index contributed by atoms with van der Waals surface area (Å²) in [4.78, 5) is 0. The van der Waals surface area contributed by atoms with Crippen LogP contribution in [0.2, 0.25) is 0 Å². The van der Waals surface area contributed by atoms with E-state index in [9.17, 15) is 0 Å². The molecule has 1 aliphatic rings. The fourth-order valence-corrected chi connectivity index (χ4v) is 1.24. The van der Waals surface area contributed by atoms with E-state index in [1.807, 2.05) is 24.3 Å². The Morgan fingerprint density at radius 1 is 1.23 bits per heavy atom. The van der Waals surface area contributed by atoms with Crippen molar-refractivity contribution in [2.24, 2.45) is 0 Å². The molecule has 0 N–H and O–H groups in total. The summed E-state index contributed by atoms with van der Waals surface area (Å²) in [6.45, 7) is 1.09. The maximum Gasteiger partial charge on any atom is 0.147 e. The number of rotatable bonds is 2. The van der Waals surface area contributed by atoms with Gasteiger partial charge in [0.05, 0.1) is 6.61 Å². The first-order valence-electron chi connectivity index (χ1n) is 4.38. The lowest BCUT2D eigenvalue weighted by Crippen LogP contribution is -2.03. The predicted molar refractivity (Wildman–Crippen MR) is 51.2 cm³/mol. The third kappa shape index (κ3) is 2.41. The van der Waals surface area contributed by atoms with Crippen LogP contribution in [0.1, 0.15) is 5.56 Å². The quantitative estimate of drug-likeness (QED) is 0.686. The Labute approximate surface area is 77.8 Å². The van der Waals surface area contributed by atoms with Crippen molar-refractivity contribution in [3.63, 3.8) is 0 Å². The highest BCUT2D eigenvalue weighted by molar-refractivity contribution is 5.49. The van der Waals surface area contributed by atoms with Crippen molar-refractivity contribution >= 4 is 6.08 Å². The molecule has 1 aromatic carbocycles. The van der Waals surface area contributed by atoms with Crippen LogP contribution in [-0.2, 0) is 9.47 Å². The van der Waals surface area contributed by atoms with Crippen LogP contribution >= 0.6 is 0 Å². The molecule has 0 radical (unpaired) electrons. The lowest BCUT2D eigenvalue weighted by molar-refractivity contribution is 0.0573. The summed E-state index contributed by atoms with van der Waals surface area (Å²) < 4.78 is 10.3. The van der Waals surface area contributed by atoms with Crippen molar-refractivity contribution in [3.8, 4) is 0 Å². The molecule has 13 heavy (non-hydrogen) atoms. The molecular formula is C11H12O2. The molecule has 1 aliphatic heterocycles. The molecule has 1 heterocycles. The molecule has 0 aromatic heterocycles. The second-order valence-electron chi connectivity index (χ2n) is 2.96. The van der Waals surface area contributed by atoms with Gasteiger partial charge in [-0.1, -0.05) is 42.5 Å². The number of ether oxygens (including phenoxy) is 2. The van der Waals surface area contributed by atoms with E-state index in [1.54, 1.807) is 0 Å². The molecule has 2 rings (SSSR count). The zero-order chi connectivity index (χ0) is 8.93. The third-order valence-electron chi connectivity index (χ3n) is 1.95. The molecule has 1 atom stereocenters. The van der Waals surface area contributed by atoms with E-state index in [0.29, 0.717) is 13.4 Å². The largest absolute Gasteiger partial charge is 0.352 e. The van der Waals surface area contributed by atoms with Crippen molar-refractivity contribution in [3.05, 3.63) is 42.0 Å². The van der Waals surface area contributed by atoms with E-state index in [2.05, 4.69) is 18.2 Å². The van der Waals surface area contributed by atoms with Gasteiger partial charge >= 0.3 is 0 Å². The van der Waals surface area contributed by atoms with Crippen LogP contribution in [0, 0.1) is 0 Å². The Morgan fingerprint density at radius 3 is 2.77 bits per heavy atom. The first-order valence-corrected chi connectivity index (χ1v) is 4.38. The molecule has 0 saturated carbocycles. The summed E-state index contributed by atoms with van der Waals surface area (Å²) in [6, 6.07) is 10.2. The van der Waals surface area contributed by atoms with Crippen molar-refractivity contribution < 1.29 is 9.47 Å². The standard InChI is InChI=1S/C11H12O2/c1-2-4-10(5-3-1)6-7-11-8-12-9-13-11/h1-7,11H,8-9H2/b7-6-. The number of benzene rings is 1. The smallest absolute Gasteiger partial charge is 0.147 e. The summed E-state index contributed by atoms with van der Waals surface area (Å²) in [5.41, 5.74) is 1.19. The van der Waals surface area contributed by atoms with E-state index in [0.717, 1.165) is 0 Å². The Hall–Kier alpha value is -1.12. The highest BCUT2D eigenvalue weighted by atomic mass is 16.7. The van der Waals surface area contributed by atoms with Gasteiger partial charge < -0.3 is 9.47 Å². The Balaban J connectivity index is 1.97. The average Bonchev–Trinajstić information content (AvgIpc) is 2.69. The minimum Gasteiger partial charge on any atom is -0.352 e. The van der Waals surface area contributed by atoms with Crippen molar-refractivity contribution in [2.75, 3.05) is 13.4 Å². The van der Waals surface area contributed by atoms with Crippen LogP contribution in [0.4, 0.5) is 0 Å². The zero-order valence-electron chi connectivity index (χ0n) is 7.35. The van der Waals surface area contributed by atoms with Gasteiger partial charge in [0.25, 0.3) is 0 Å². The van der Waals surface area contributed by atoms with Gasteiger partial charge in [-0.05, 0) is 5.56 Å². The van der Waals surface area contributed by atoms with Crippen molar-refractivity contribution in [1.29, 1.82) is 0 Å². The summed E-state index contributed by atoms with van der Waals surface area (Å²) in [6.07, 6.45) is 4.21. The molecule has 0 amide bonds. The normalized spacial score (nSPS) is 22.6. The molecule has 1 aromatic rings. The molecular weight excluding hydrogens is 164 g/mol. The van der Waals surface area contributed by atoms with E-state index < -0.39 is 0 Å². The molecule has 0 aliphatic carbocycles. The molecule has 2 heteroatoms. The molecule has 0 bridgehead atoms. The maximum absolute atomic E-state index is 5.27. The van der Waals surface area contributed by atoms with E-state index in [-0.39, 0.29) is 6.10 Å². The molecule has 1 unspecified atom stereocenters. The molecule has 1 saturated heterocycles. The van der Waals surface area contributed by atoms with Gasteiger partial charge in [-0.15, -0.1) is 0 Å². The van der Waals surface area contributed by atoms with Gasteiger partial charge in [0.1, 0.15) is 12.9 Å². The predicted octanol–water partition coefficient (Wildman–Crippen LogP) is 2.07. The second kappa shape index (κ2) is 4.21. The van der Waals surface area contributed by atoms with Crippen molar-refractivity contribution in [1.82, 2.24) is 0 Å². The van der Waals surface area contributed by atoms with Crippen LogP contribution < -0.4 is 0 Å². The van der Waals surface area contributed by atoms with Gasteiger partial charge in [-0.2, -0.15) is 0 Å². The highest BCUT2D eigenvalue weighted by Gasteiger charge is 2.11. The zero-order valence-corrected chi connectivity index (χ0v) is 7.35. The lowest BCUT2D eigenvalue weighted by atomic mass is 10.2. The van der Waals surface area contributed by atoms with Gasteiger partial charge in [-0.25, -0.2) is 0 Å². The fourth-order valence-electron chi connectivity index (χ4n) is 1.24.